The van der Waals surface area contributed by atoms with Gasteiger partial charge < -0.3 is 4.74 Å². The summed E-state index contributed by atoms with van der Waals surface area (Å²) in [7, 11) is 0. The summed E-state index contributed by atoms with van der Waals surface area (Å²) < 4.78 is 21.8. The van der Waals surface area contributed by atoms with E-state index in [0.29, 0.717) is 36.1 Å². The first kappa shape index (κ1) is 29.5. The van der Waals surface area contributed by atoms with Gasteiger partial charge in [-0.1, -0.05) is 12.1 Å². The Labute approximate surface area is 255 Å². The zero-order chi connectivity index (χ0) is 29.9. The van der Waals surface area contributed by atoms with E-state index < -0.39 is 5.82 Å². The summed E-state index contributed by atoms with van der Waals surface area (Å²) in [5, 5.41) is 0. The van der Waals surface area contributed by atoms with Gasteiger partial charge in [0.15, 0.2) is 11.6 Å². The van der Waals surface area contributed by atoms with Crippen LogP contribution in [0, 0.1) is 11.7 Å². The summed E-state index contributed by atoms with van der Waals surface area (Å²) in [6, 6.07) is 12.9. The lowest BCUT2D eigenvalue weighted by Gasteiger charge is -2.37. The monoisotopic (exact) mass is 600 g/mol. The highest BCUT2D eigenvalue weighted by Gasteiger charge is 2.25. The van der Waals surface area contributed by atoms with Crippen LogP contribution in [-0.4, -0.2) is 63.6 Å². The number of Topliss-reactive ketones (excluding diaryl/α,β-unsaturated/α-hetero) is 2. The molecule has 0 amide bonds. The zero-order valence-electron chi connectivity index (χ0n) is 24.7. The van der Waals surface area contributed by atoms with Crippen molar-refractivity contribution >= 4 is 33.1 Å². The van der Waals surface area contributed by atoms with Gasteiger partial charge in [0.1, 0.15) is 17.3 Å². The largest absolute Gasteiger partial charge is 0.453 e. The van der Waals surface area contributed by atoms with Gasteiger partial charge in [0.25, 0.3) is 0 Å². The molecule has 1 saturated carbocycles. The van der Waals surface area contributed by atoms with E-state index in [-0.39, 0.29) is 23.7 Å². The minimum absolute atomic E-state index is 0.123. The lowest BCUT2D eigenvalue weighted by molar-refractivity contribution is -0.119. The molecule has 1 aliphatic heterocycles. The van der Waals surface area contributed by atoms with Crippen LogP contribution >= 0.6 is 11.3 Å². The van der Waals surface area contributed by atoms with Crippen LogP contribution < -0.4 is 4.74 Å². The van der Waals surface area contributed by atoms with Crippen molar-refractivity contribution < 1.29 is 18.7 Å². The first-order valence-corrected chi connectivity index (χ1v) is 15.9. The number of ketones is 2. The Kier molecular flexibility index (Phi) is 8.93. The number of carbonyl (C=O) groups is 2. The van der Waals surface area contributed by atoms with Crippen LogP contribution in [0.2, 0.25) is 0 Å². The van der Waals surface area contributed by atoms with Crippen molar-refractivity contribution in [3.8, 4) is 22.1 Å². The minimum atomic E-state index is -0.484. The van der Waals surface area contributed by atoms with Crippen LogP contribution in [0.25, 0.3) is 20.8 Å². The smallest absolute Gasteiger partial charge is 0.166 e. The van der Waals surface area contributed by atoms with Gasteiger partial charge in [0.05, 0.1) is 20.8 Å². The van der Waals surface area contributed by atoms with Gasteiger partial charge in [-0.2, -0.15) is 0 Å². The molecule has 1 atom stereocenters. The van der Waals surface area contributed by atoms with Crippen LogP contribution in [0.5, 0.6) is 11.5 Å². The van der Waals surface area contributed by atoms with E-state index in [1.54, 1.807) is 31.3 Å². The van der Waals surface area contributed by atoms with Crippen LogP contribution in [0.15, 0.2) is 54.9 Å². The van der Waals surface area contributed by atoms with E-state index in [0.717, 1.165) is 71.9 Å². The van der Waals surface area contributed by atoms with E-state index in [1.807, 2.05) is 18.3 Å². The average molecular weight is 601 g/mol. The molecule has 0 spiro atoms. The van der Waals surface area contributed by atoms with Gasteiger partial charge >= 0.3 is 0 Å². The highest BCUT2D eigenvalue weighted by atomic mass is 32.1. The third-order valence-electron chi connectivity index (χ3n) is 8.30. The normalized spacial score (nSPS) is 16.8. The number of nitrogens with zero attached hydrogens (tertiary/aromatic N) is 4. The summed E-state index contributed by atoms with van der Waals surface area (Å²) in [4.78, 5) is 38.7. The van der Waals surface area contributed by atoms with Crippen molar-refractivity contribution in [2.75, 3.05) is 26.2 Å². The summed E-state index contributed by atoms with van der Waals surface area (Å²) in [5.41, 5.74) is 3.45. The van der Waals surface area contributed by atoms with Crippen molar-refractivity contribution in [2.24, 2.45) is 5.92 Å². The quantitative estimate of drug-likeness (QED) is 0.179. The van der Waals surface area contributed by atoms with Crippen molar-refractivity contribution in [1.82, 2.24) is 19.8 Å². The van der Waals surface area contributed by atoms with Gasteiger partial charge in [-0.05, 0) is 68.0 Å². The predicted molar refractivity (Wildman–Crippen MR) is 167 cm³/mol. The molecule has 3 aromatic heterocycles. The molecular weight excluding hydrogens is 563 g/mol. The first-order chi connectivity index (χ1) is 20.8. The number of rotatable bonds is 12. The molecule has 0 radical (unpaired) electrons. The minimum Gasteiger partial charge on any atom is -0.453 e. The second-order valence-corrected chi connectivity index (χ2v) is 13.0. The number of aromatic nitrogens is 2. The molecule has 6 rings (SSSR count). The Bertz CT molecular complexity index is 1610. The second kappa shape index (κ2) is 13.0. The summed E-state index contributed by atoms with van der Waals surface area (Å²) in [6.07, 6.45) is 7.30. The number of ether oxygens (including phenoxy) is 1. The number of carbonyl (C=O) groups excluding carboxylic acids is 2. The molecule has 1 saturated heterocycles. The summed E-state index contributed by atoms with van der Waals surface area (Å²) in [6.45, 7) is 8.50. The Morgan fingerprint density at radius 2 is 1.81 bits per heavy atom. The molecule has 1 aromatic carbocycles. The third-order valence-corrected chi connectivity index (χ3v) is 9.46. The van der Waals surface area contributed by atoms with Crippen molar-refractivity contribution in [3.05, 3.63) is 71.8 Å². The fourth-order valence-electron chi connectivity index (χ4n) is 5.75. The standard InChI is InChI=1S/C34H37FN4O3S/c1-22(15-23(2)40)39-13-11-38(12-14-39)21-26-5-7-29(37-20-26)33-19-30-34(43-33)32(9-10-36-30)42-31-8-6-25(18-28(31)35)17-27(41)16-24-3-4-24/h5-10,18-20,22,24H,3-4,11-17,21H2,1-2H3. The molecule has 2 fully saturated rings. The lowest BCUT2D eigenvalue weighted by Crippen LogP contribution is -2.49. The van der Waals surface area contributed by atoms with Crippen LogP contribution in [0.1, 0.15) is 50.7 Å². The van der Waals surface area contributed by atoms with Crippen LogP contribution in [0.4, 0.5) is 4.39 Å². The van der Waals surface area contributed by atoms with Crippen molar-refractivity contribution in [2.45, 2.75) is 58.5 Å². The topological polar surface area (TPSA) is 75.6 Å². The van der Waals surface area contributed by atoms with E-state index in [9.17, 15) is 14.0 Å². The highest BCUT2D eigenvalue weighted by molar-refractivity contribution is 7.22. The summed E-state index contributed by atoms with van der Waals surface area (Å²) in [5.74, 6) is 1.10. The number of benzene rings is 1. The molecule has 0 bridgehead atoms. The average Bonchev–Trinajstić information content (AvgIpc) is 3.68. The van der Waals surface area contributed by atoms with E-state index in [2.05, 4.69) is 27.8 Å². The molecule has 0 N–H and O–H groups in total. The molecule has 1 aliphatic carbocycles. The van der Waals surface area contributed by atoms with E-state index in [4.69, 9.17) is 9.72 Å². The fraction of sp³-hybridized carbons (Fsp3) is 0.412. The Hall–Kier alpha value is -3.53. The molecule has 43 heavy (non-hydrogen) atoms. The van der Waals surface area contributed by atoms with Gasteiger partial charge in [0.2, 0.25) is 0 Å². The maximum Gasteiger partial charge on any atom is 0.166 e. The first-order valence-electron chi connectivity index (χ1n) is 15.1. The molecule has 4 aromatic rings. The number of fused-ring (bicyclic) bond motifs is 1. The number of halogens is 1. The molecule has 2 aliphatic rings. The maximum absolute atomic E-state index is 15.0. The lowest BCUT2D eigenvalue weighted by atomic mass is 10.0. The molecule has 9 heteroatoms. The van der Waals surface area contributed by atoms with Gasteiger partial charge in [-0.3, -0.25) is 29.4 Å². The Morgan fingerprint density at radius 1 is 1.02 bits per heavy atom. The van der Waals surface area contributed by atoms with E-state index in [1.165, 1.54) is 17.4 Å². The van der Waals surface area contributed by atoms with Crippen molar-refractivity contribution in [1.29, 1.82) is 0 Å². The van der Waals surface area contributed by atoms with Gasteiger partial charge in [-0.15, -0.1) is 11.3 Å². The van der Waals surface area contributed by atoms with Crippen LogP contribution in [0.3, 0.4) is 0 Å². The SMILES string of the molecule is CC(=O)CC(C)N1CCN(Cc2ccc(-c3cc4nccc(Oc5ccc(CC(=O)CC6CC6)cc5F)c4s3)nc2)CC1. The Morgan fingerprint density at radius 3 is 2.51 bits per heavy atom. The van der Waals surface area contributed by atoms with E-state index >= 15 is 0 Å². The fourth-order valence-corrected chi connectivity index (χ4v) is 6.79. The second-order valence-electron chi connectivity index (χ2n) is 12.0. The number of hydrogen-bond donors (Lipinski definition) is 0. The number of pyridine rings is 2. The van der Waals surface area contributed by atoms with Gasteiger partial charge in [-0.25, -0.2) is 4.39 Å². The molecule has 1 unspecified atom stereocenters. The zero-order valence-corrected chi connectivity index (χ0v) is 25.5. The molecule has 224 valence electrons. The highest BCUT2D eigenvalue weighted by Crippen LogP contribution is 2.39. The summed E-state index contributed by atoms with van der Waals surface area (Å²) >= 11 is 1.52. The van der Waals surface area contributed by atoms with Crippen LogP contribution in [-0.2, 0) is 22.6 Å². The molecule has 4 heterocycles. The maximum atomic E-state index is 15.0. The molecule has 7 nitrogen and oxygen atoms in total. The number of hydrogen-bond acceptors (Lipinski definition) is 8. The number of piperazine rings is 1. The Balaban J connectivity index is 1.09. The van der Waals surface area contributed by atoms with Crippen molar-refractivity contribution in [3.63, 3.8) is 0 Å². The van der Waals surface area contributed by atoms with Gasteiger partial charge in [0, 0.05) is 76.5 Å². The number of thiophene rings is 1. The predicted octanol–water partition coefficient (Wildman–Crippen LogP) is 6.69. The molecular formula is C34H37FN4O3S. The third kappa shape index (κ3) is 7.52.